The van der Waals surface area contributed by atoms with Gasteiger partial charge in [0.2, 0.25) is 5.91 Å². The molecule has 1 aromatic rings. The maximum absolute atomic E-state index is 10.8. The number of benzene rings is 1. The van der Waals surface area contributed by atoms with Gasteiger partial charge in [0.15, 0.2) is 0 Å². The number of hydrogen-bond donors (Lipinski definition) is 2. The quantitative estimate of drug-likeness (QED) is 0.694. The lowest BCUT2D eigenvalue weighted by Crippen LogP contribution is -2.38. The van der Waals surface area contributed by atoms with Crippen LogP contribution in [0.1, 0.15) is 5.56 Å². The molecule has 1 amide bonds. The van der Waals surface area contributed by atoms with Gasteiger partial charge in [-0.05, 0) is 19.1 Å². The minimum Gasteiger partial charge on any atom is -0.480 e. The number of amides is 1. The minimum absolute atomic E-state index is 0.0270. The number of nitrogens with zero attached hydrogens (tertiary/aromatic N) is 1. The van der Waals surface area contributed by atoms with E-state index in [2.05, 4.69) is 0 Å². The number of rotatable bonds is 8. The van der Waals surface area contributed by atoms with Gasteiger partial charge in [-0.1, -0.05) is 17.7 Å². The summed E-state index contributed by atoms with van der Waals surface area (Å²) < 4.78 is 0. The second kappa shape index (κ2) is 7.81. The van der Waals surface area contributed by atoms with E-state index in [1.807, 2.05) is 31.2 Å². The van der Waals surface area contributed by atoms with E-state index in [1.165, 1.54) is 10.5 Å². The van der Waals surface area contributed by atoms with Crippen molar-refractivity contribution in [3.8, 4) is 0 Å². The van der Waals surface area contributed by atoms with Crippen LogP contribution in [0.2, 0.25) is 0 Å². The van der Waals surface area contributed by atoms with Crippen LogP contribution in [0, 0.1) is 6.92 Å². The van der Waals surface area contributed by atoms with E-state index in [0.29, 0.717) is 12.3 Å². The van der Waals surface area contributed by atoms with Crippen LogP contribution >= 0.6 is 11.8 Å². The fourth-order valence-electron chi connectivity index (χ4n) is 1.55. The molecule has 0 spiro atoms. The van der Waals surface area contributed by atoms with Gasteiger partial charge in [0.1, 0.15) is 0 Å². The van der Waals surface area contributed by atoms with Crippen LogP contribution in [0.5, 0.6) is 0 Å². The van der Waals surface area contributed by atoms with Gasteiger partial charge in [0, 0.05) is 17.2 Å². The zero-order valence-electron chi connectivity index (χ0n) is 10.8. The summed E-state index contributed by atoms with van der Waals surface area (Å²) in [6, 6.07) is 8.10. The molecular weight excluding hydrogens is 264 g/mol. The number of carboxylic acid groups (broad SMARTS) is 1. The number of carboxylic acids is 1. The first-order valence-corrected chi connectivity index (χ1v) is 6.88. The minimum atomic E-state index is -0.957. The summed E-state index contributed by atoms with van der Waals surface area (Å²) in [5.74, 6) is -0.757. The van der Waals surface area contributed by atoms with Crippen LogP contribution < -0.4 is 5.73 Å². The molecule has 0 aromatic heterocycles. The van der Waals surface area contributed by atoms with Gasteiger partial charge in [0.05, 0.1) is 13.1 Å². The van der Waals surface area contributed by atoms with Crippen LogP contribution in [0.4, 0.5) is 0 Å². The first kappa shape index (κ1) is 15.5. The third-order valence-corrected chi connectivity index (χ3v) is 3.43. The van der Waals surface area contributed by atoms with Crippen LogP contribution in [-0.2, 0) is 9.59 Å². The number of thioether (sulfide) groups is 1. The molecule has 0 saturated carbocycles. The number of aliphatic carboxylic acids is 1. The molecule has 0 atom stereocenters. The highest BCUT2D eigenvalue weighted by atomic mass is 32.2. The molecule has 19 heavy (non-hydrogen) atoms. The Kier molecular flexibility index (Phi) is 6.38. The largest absolute Gasteiger partial charge is 0.480 e. The molecule has 0 saturated heterocycles. The molecule has 0 aliphatic rings. The van der Waals surface area contributed by atoms with Crippen molar-refractivity contribution in [3.05, 3.63) is 29.8 Å². The van der Waals surface area contributed by atoms with Gasteiger partial charge < -0.3 is 10.8 Å². The van der Waals surface area contributed by atoms with E-state index in [0.717, 1.165) is 4.90 Å². The third-order valence-electron chi connectivity index (χ3n) is 2.44. The standard InChI is InChI=1S/C13H18N2O3S/c1-10-2-4-11(5-3-10)19-7-6-15(8-12(14)16)9-13(17)18/h2-5H,6-9H2,1H3,(H2,14,16)(H,17,18). The van der Waals surface area contributed by atoms with Crippen molar-refractivity contribution in [2.75, 3.05) is 25.4 Å². The Bertz CT molecular complexity index is 418. The molecule has 0 heterocycles. The zero-order chi connectivity index (χ0) is 14.3. The summed E-state index contributed by atoms with van der Waals surface area (Å²) in [6.45, 7) is 2.34. The molecular formula is C13H18N2O3S. The van der Waals surface area contributed by atoms with Gasteiger partial charge in [0.25, 0.3) is 0 Å². The van der Waals surface area contributed by atoms with Crippen molar-refractivity contribution < 1.29 is 14.7 Å². The molecule has 0 aliphatic carbocycles. The second-order valence-electron chi connectivity index (χ2n) is 4.23. The molecule has 6 heteroatoms. The SMILES string of the molecule is Cc1ccc(SCCN(CC(N)=O)CC(=O)O)cc1. The lowest BCUT2D eigenvalue weighted by molar-refractivity contribution is -0.138. The van der Waals surface area contributed by atoms with Crippen molar-refractivity contribution in [1.29, 1.82) is 0 Å². The molecule has 104 valence electrons. The molecule has 0 bridgehead atoms. The molecule has 0 fully saturated rings. The van der Waals surface area contributed by atoms with Crippen LogP contribution in [-0.4, -0.2) is 47.3 Å². The van der Waals surface area contributed by atoms with Crippen molar-refractivity contribution in [2.45, 2.75) is 11.8 Å². The Labute approximate surface area is 116 Å². The fraction of sp³-hybridized carbons (Fsp3) is 0.385. The maximum atomic E-state index is 10.8. The third kappa shape index (κ3) is 6.83. The summed E-state index contributed by atoms with van der Waals surface area (Å²) in [7, 11) is 0. The van der Waals surface area contributed by atoms with Gasteiger partial charge in [-0.3, -0.25) is 14.5 Å². The van der Waals surface area contributed by atoms with Gasteiger partial charge in [-0.2, -0.15) is 0 Å². The van der Waals surface area contributed by atoms with Crippen molar-refractivity contribution in [1.82, 2.24) is 4.90 Å². The summed E-state index contributed by atoms with van der Waals surface area (Å²) in [4.78, 5) is 24.2. The predicted octanol–water partition coefficient (Wildman–Crippen LogP) is 0.959. The lowest BCUT2D eigenvalue weighted by atomic mass is 10.2. The fourth-order valence-corrected chi connectivity index (χ4v) is 2.47. The summed E-state index contributed by atoms with van der Waals surface area (Å²) in [5, 5.41) is 8.74. The number of aryl methyl sites for hydroxylation is 1. The predicted molar refractivity (Wildman–Crippen MR) is 75.2 cm³/mol. The average Bonchev–Trinajstić information content (AvgIpc) is 2.30. The van der Waals surface area contributed by atoms with E-state index in [9.17, 15) is 9.59 Å². The number of carbonyl (C=O) groups excluding carboxylic acids is 1. The molecule has 3 N–H and O–H groups in total. The highest BCUT2D eigenvalue weighted by Gasteiger charge is 2.11. The zero-order valence-corrected chi connectivity index (χ0v) is 11.7. The van der Waals surface area contributed by atoms with Crippen LogP contribution in [0.25, 0.3) is 0 Å². The van der Waals surface area contributed by atoms with Crippen LogP contribution in [0.3, 0.4) is 0 Å². The Morgan fingerprint density at radius 1 is 1.26 bits per heavy atom. The van der Waals surface area contributed by atoms with E-state index < -0.39 is 11.9 Å². The van der Waals surface area contributed by atoms with E-state index in [-0.39, 0.29) is 13.1 Å². The number of carbonyl (C=O) groups is 2. The highest BCUT2D eigenvalue weighted by molar-refractivity contribution is 7.99. The summed E-state index contributed by atoms with van der Waals surface area (Å²) >= 11 is 1.62. The van der Waals surface area contributed by atoms with E-state index >= 15 is 0 Å². The molecule has 0 unspecified atom stereocenters. The Morgan fingerprint density at radius 2 is 1.89 bits per heavy atom. The monoisotopic (exact) mass is 282 g/mol. The van der Waals surface area contributed by atoms with Gasteiger partial charge >= 0.3 is 5.97 Å². The smallest absolute Gasteiger partial charge is 0.317 e. The number of hydrogen-bond acceptors (Lipinski definition) is 4. The molecule has 1 aromatic carbocycles. The van der Waals surface area contributed by atoms with E-state index in [4.69, 9.17) is 10.8 Å². The second-order valence-corrected chi connectivity index (χ2v) is 5.40. The highest BCUT2D eigenvalue weighted by Crippen LogP contribution is 2.18. The number of nitrogens with two attached hydrogens (primary N) is 1. The Morgan fingerprint density at radius 3 is 2.42 bits per heavy atom. The van der Waals surface area contributed by atoms with Gasteiger partial charge in [-0.25, -0.2) is 0 Å². The van der Waals surface area contributed by atoms with Crippen molar-refractivity contribution in [2.24, 2.45) is 5.73 Å². The van der Waals surface area contributed by atoms with E-state index in [1.54, 1.807) is 11.8 Å². The number of primary amides is 1. The molecule has 0 aliphatic heterocycles. The molecule has 0 radical (unpaired) electrons. The lowest BCUT2D eigenvalue weighted by Gasteiger charge is -2.17. The Balaban J connectivity index is 2.40. The summed E-state index contributed by atoms with van der Waals surface area (Å²) in [6.07, 6.45) is 0. The maximum Gasteiger partial charge on any atom is 0.317 e. The first-order valence-electron chi connectivity index (χ1n) is 5.89. The topological polar surface area (TPSA) is 83.6 Å². The Hall–Kier alpha value is -1.53. The molecule has 5 nitrogen and oxygen atoms in total. The van der Waals surface area contributed by atoms with Crippen molar-refractivity contribution >= 4 is 23.6 Å². The van der Waals surface area contributed by atoms with Gasteiger partial charge in [-0.15, -0.1) is 11.8 Å². The van der Waals surface area contributed by atoms with Crippen LogP contribution in [0.15, 0.2) is 29.2 Å². The average molecular weight is 282 g/mol. The summed E-state index contributed by atoms with van der Waals surface area (Å²) in [5.41, 5.74) is 6.29. The normalized spacial score (nSPS) is 10.6. The van der Waals surface area contributed by atoms with Crippen molar-refractivity contribution in [3.63, 3.8) is 0 Å². The molecule has 1 rings (SSSR count). The first-order chi connectivity index (χ1) is 8.97.